The summed E-state index contributed by atoms with van der Waals surface area (Å²) >= 11 is 1.55. The van der Waals surface area contributed by atoms with Crippen molar-refractivity contribution in [3.8, 4) is 11.5 Å². The van der Waals surface area contributed by atoms with Crippen LogP contribution in [0.1, 0.15) is 17.5 Å². The van der Waals surface area contributed by atoms with Gasteiger partial charge in [0.05, 0.1) is 19.7 Å². The standard InChI is InChI=1S/C23H25N3O3S/c1-15-5-7-19-16(11-15)12-17-14-26(9-4-10-27)23(30-22(17)24-19)25-20-8-6-18(28-2)13-21(20)29-3/h5-8,11-13,27H,4,9-10,14H2,1-3H3. The van der Waals surface area contributed by atoms with E-state index in [0.29, 0.717) is 25.3 Å². The summed E-state index contributed by atoms with van der Waals surface area (Å²) in [6.07, 6.45) is 0.675. The van der Waals surface area contributed by atoms with Gasteiger partial charge in [-0.2, -0.15) is 0 Å². The minimum absolute atomic E-state index is 0.141. The van der Waals surface area contributed by atoms with Crippen LogP contribution in [0.2, 0.25) is 0 Å². The van der Waals surface area contributed by atoms with Crippen molar-refractivity contribution >= 4 is 33.5 Å². The van der Waals surface area contributed by atoms with Crippen LogP contribution in [0.5, 0.6) is 11.5 Å². The van der Waals surface area contributed by atoms with E-state index in [1.54, 1.807) is 26.0 Å². The highest BCUT2D eigenvalue weighted by Gasteiger charge is 2.24. The van der Waals surface area contributed by atoms with Crippen molar-refractivity contribution in [3.05, 3.63) is 53.6 Å². The topological polar surface area (TPSA) is 67.2 Å². The average molecular weight is 424 g/mol. The van der Waals surface area contributed by atoms with Crippen LogP contribution in [0.4, 0.5) is 5.69 Å². The Morgan fingerprint density at radius 2 is 2.00 bits per heavy atom. The number of aliphatic hydroxyl groups excluding tert-OH is 1. The molecule has 0 amide bonds. The molecule has 7 heteroatoms. The second-order valence-corrected chi connectivity index (χ2v) is 8.14. The Morgan fingerprint density at radius 3 is 2.77 bits per heavy atom. The molecule has 1 aliphatic heterocycles. The van der Waals surface area contributed by atoms with Crippen molar-refractivity contribution in [3.63, 3.8) is 0 Å². The van der Waals surface area contributed by atoms with Gasteiger partial charge in [0.2, 0.25) is 0 Å². The van der Waals surface area contributed by atoms with Crippen LogP contribution in [-0.4, -0.2) is 47.5 Å². The molecule has 1 aliphatic rings. The number of benzene rings is 2. The molecule has 0 unspecified atom stereocenters. The Balaban J connectivity index is 1.75. The Morgan fingerprint density at radius 1 is 1.13 bits per heavy atom. The molecule has 0 fully saturated rings. The molecule has 1 N–H and O–H groups in total. The van der Waals surface area contributed by atoms with Crippen LogP contribution < -0.4 is 9.47 Å². The highest BCUT2D eigenvalue weighted by atomic mass is 32.2. The van der Waals surface area contributed by atoms with Crippen molar-refractivity contribution in [2.45, 2.75) is 24.9 Å². The average Bonchev–Trinajstić information content (AvgIpc) is 2.76. The zero-order valence-corrected chi connectivity index (χ0v) is 18.2. The first-order valence-corrected chi connectivity index (χ1v) is 10.7. The maximum Gasteiger partial charge on any atom is 0.171 e. The fourth-order valence-corrected chi connectivity index (χ4v) is 4.46. The molecule has 6 nitrogen and oxygen atoms in total. The normalized spacial score (nSPS) is 14.8. The largest absolute Gasteiger partial charge is 0.497 e. The highest BCUT2D eigenvalue weighted by molar-refractivity contribution is 8.13. The third-order valence-corrected chi connectivity index (χ3v) is 6.10. The quantitative estimate of drug-likeness (QED) is 0.628. The number of fused-ring (bicyclic) bond motifs is 2. The van der Waals surface area contributed by atoms with Gasteiger partial charge in [0.15, 0.2) is 5.17 Å². The number of ether oxygens (including phenoxy) is 2. The van der Waals surface area contributed by atoms with E-state index in [9.17, 15) is 5.11 Å². The van der Waals surface area contributed by atoms with Crippen LogP contribution in [0, 0.1) is 6.92 Å². The molecule has 1 aromatic heterocycles. The lowest BCUT2D eigenvalue weighted by molar-refractivity contribution is 0.265. The molecule has 0 radical (unpaired) electrons. The van der Waals surface area contributed by atoms with Gasteiger partial charge in [-0.25, -0.2) is 9.98 Å². The predicted octanol–water partition coefficient (Wildman–Crippen LogP) is 4.54. The van der Waals surface area contributed by atoms with Gasteiger partial charge in [-0.1, -0.05) is 11.6 Å². The number of aromatic nitrogens is 1. The first kappa shape index (κ1) is 20.5. The Bertz CT molecular complexity index is 1100. The monoisotopic (exact) mass is 423 g/mol. The molecule has 0 saturated heterocycles. The molecule has 0 spiro atoms. The summed E-state index contributed by atoms with van der Waals surface area (Å²) in [5, 5.41) is 12.3. The van der Waals surface area contributed by atoms with E-state index in [4.69, 9.17) is 19.5 Å². The number of aryl methyl sites for hydroxylation is 1. The molecule has 30 heavy (non-hydrogen) atoms. The van der Waals surface area contributed by atoms with Gasteiger partial charge in [-0.15, -0.1) is 0 Å². The molecule has 156 valence electrons. The third kappa shape index (κ3) is 4.22. The van der Waals surface area contributed by atoms with Crippen molar-refractivity contribution < 1.29 is 14.6 Å². The second kappa shape index (κ2) is 8.93. The highest BCUT2D eigenvalue weighted by Crippen LogP contribution is 2.37. The third-order valence-electron chi connectivity index (χ3n) is 5.02. The molecule has 0 saturated carbocycles. The van der Waals surface area contributed by atoms with Crippen LogP contribution in [0.15, 0.2) is 52.5 Å². The number of thioether (sulfide) groups is 1. The molecule has 2 heterocycles. The molecule has 4 rings (SSSR count). The Labute approximate surface area is 180 Å². The van der Waals surface area contributed by atoms with E-state index >= 15 is 0 Å². The number of aliphatic hydroxyl groups is 1. The summed E-state index contributed by atoms with van der Waals surface area (Å²) in [4.78, 5) is 12.0. The summed E-state index contributed by atoms with van der Waals surface area (Å²) in [6.45, 7) is 3.65. The van der Waals surface area contributed by atoms with E-state index in [0.717, 1.165) is 32.5 Å². The minimum Gasteiger partial charge on any atom is -0.497 e. The fourth-order valence-electron chi connectivity index (χ4n) is 3.46. The number of aliphatic imine (C=N–C) groups is 1. The molecular formula is C23H25N3O3S. The van der Waals surface area contributed by atoms with Crippen molar-refractivity contribution in [2.75, 3.05) is 27.4 Å². The zero-order chi connectivity index (χ0) is 21.1. The Kier molecular flexibility index (Phi) is 6.11. The van der Waals surface area contributed by atoms with Crippen molar-refractivity contribution in [2.24, 2.45) is 4.99 Å². The van der Waals surface area contributed by atoms with Gasteiger partial charge in [-0.05, 0) is 55.4 Å². The second-order valence-electron chi connectivity index (χ2n) is 7.18. The number of rotatable bonds is 6. The van der Waals surface area contributed by atoms with E-state index in [-0.39, 0.29) is 6.61 Å². The number of hydrogen-bond acceptors (Lipinski definition) is 6. The molecule has 2 aromatic carbocycles. The molecule has 0 bridgehead atoms. The van der Waals surface area contributed by atoms with Crippen molar-refractivity contribution in [1.82, 2.24) is 9.88 Å². The summed E-state index contributed by atoms with van der Waals surface area (Å²) in [5.41, 5.74) is 4.11. The Hall–Kier alpha value is -2.77. The van der Waals surface area contributed by atoms with Crippen LogP contribution >= 0.6 is 11.8 Å². The van der Waals surface area contributed by atoms with E-state index in [2.05, 4.69) is 36.1 Å². The maximum atomic E-state index is 9.36. The SMILES string of the molecule is COc1ccc(N=C2Sc3nc4ccc(C)cc4cc3CN2CCCO)c(OC)c1. The summed E-state index contributed by atoms with van der Waals surface area (Å²) in [6, 6.07) is 14.1. The summed E-state index contributed by atoms with van der Waals surface area (Å²) in [7, 11) is 3.25. The van der Waals surface area contributed by atoms with Crippen molar-refractivity contribution in [1.29, 1.82) is 0 Å². The lowest BCUT2D eigenvalue weighted by Gasteiger charge is -2.30. The van der Waals surface area contributed by atoms with Gasteiger partial charge < -0.3 is 19.5 Å². The number of amidine groups is 1. The lowest BCUT2D eigenvalue weighted by atomic mass is 10.1. The first-order chi connectivity index (χ1) is 14.6. The first-order valence-electron chi connectivity index (χ1n) is 9.86. The van der Waals surface area contributed by atoms with Gasteiger partial charge in [0.1, 0.15) is 22.2 Å². The molecular weight excluding hydrogens is 398 g/mol. The number of methoxy groups -OCH3 is 2. The van der Waals surface area contributed by atoms with Gasteiger partial charge >= 0.3 is 0 Å². The fraction of sp³-hybridized carbons (Fsp3) is 0.304. The number of hydrogen-bond donors (Lipinski definition) is 1. The minimum atomic E-state index is 0.141. The van der Waals surface area contributed by atoms with Gasteiger partial charge in [-0.3, -0.25) is 0 Å². The van der Waals surface area contributed by atoms with E-state index in [1.807, 2.05) is 18.2 Å². The van der Waals surface area contributed by atoms with E-state index < -0.39 is 0 Å². The lowest BCUT2D eigenvalue weighted by Crippen LogP contribution is -2.33. The van der Waals surface area contributed by atoms with Crippen LogP contribution in [-0.2, 0) is 6.54 Å². The predicted molar refractivity (Wildman–Crippen MR) is 121 cm³/mol. The number of nitrogens with zero attached hydrogens (tertiary/aromatic N) is 3. The van der Waals surface area contributed by atoms with E-state index in [1.165, 1.54) is 11.1 Å². The van der Waals surface area contributed by atoms with Crippen LogP contribution in [0.25, 0.3) is 10.9 Å². The van der Waals surface area contributed by atoms with Gasteiger partial charge in [0.25, 0.3) is 0 Å². The van der Waals surface area contributed by atoms with Crippen LogP contribution in [0.3, 0.4) is 0 Å². The molecule has 3 aromatic rings. The smallest absolute Gasteiger partial charge is 0.171 e. The molecule has 0 atom stereocenters. The number of pyridine rings is 1. The summed E-state index contributed by atoms with van der Waals surface area (Å²) < 4.78 is 10.8. The summed E-state index contributed by atoms with van der Waals surface area (Å²) in [5.74, 6) is 1.37. The van der Waals surface area contributed by atoms with Gasteiger partial charge in [0, 0.05) is 36.7 Å². The molecule has 0 aliphatic carbocycles. The zero-order valence-electron chi connectivity index (χ0n) is 17.4. The maximum absolute atomic E-state index is 9.36.